The molecule has 0 spiro atoms. The van der Waals surface area contributed by atoms with Gasteiger partial charge < -0.3 is 5.32 Å². The monoisotopic (exact) mass is 255 g/mol. The van der Waals surface area contributed by atoms with Crippen LogP contribution in [0.3, 0.4) is 0 Å². The van der Waals surface area contributed by atoms with Crippen LogP contribution >= 0.6 is 0 Å². The minimum absolute atomic E-state index is 0.0891. The molecule has 0 fully saturated rings. The Morgan fingerprint density at radius 1 is 1.05 bits per heavy atom. The van der Waals surface area contributed by atoms with Gasteiger partial charge >= 0.3 is 0 Å². The number of hydrogen-bond donors (Lipinski definition) is 1. The van der Waals surface area contributed by atoms with E-state index in [0.717, 1.165) is 10.9 Å². The normalized spacial score (nSPS) is 11.5. The molecule has 2 aromatic rings. The summed E-state index contributed by atoms with van der Waals surface area (Å²) < 4.78 is 0. The quantitative estimate of drug-likeness (QED) is 0.893. The molecule has 1 N–H and O–H groups in total. The molecule has 0 aliphatic rings. The summed E-state index contributed by atoms with van der Waals surface area (Å²) in [4.78, 5) is 12.0. The van der Waals surface area contributed by atoms with E-state index in [2.05, 4.69) is 44.3 Å². The Balaban J connectivity index is 2.11. The Bertz CT molecular complexity index is 576. The van der Waals surface area contributed by atoms with Crippen LogP contribution < -0.4 is 5.32 Å². The molecular weight excluding hydrogens is 234 g/mol. The first kappa shape index (κ1) is 13.6. The van der Waals surface area contributed by atoms with Crippen molar-refractivity contribution in [1.29, 1.82) is 0 Å². The van der Waals surface area contributed by atoms with Crippen molar-refractivity contribution in [3.05, 3.63) is 48.0 Å². The molecule has 0 bridgehead atoms. The number of amides is 1. The highest BCUT2D eigenvalue weighted by molar-refractivity contribution is 5.90. The Morgan fingerprint density at radius 2 is 1.74 bits per heavy atom. The van der Waals surface area contributed by atoms with Crippen molar-refractivity contribution in [3.8, 4) is 0 Å². The second kappa shape index (κ2) is 5.43. The molecule has 0 unspecified atom stereocenters. The first-order valence-corrected chi connectivity index (χ1v) is 6.69. The second-order valence-electron chi connectivity index (χ2n) is 6.15. The third-order valence-corrected chi connectivity index (χ3v) is 3.05. The van der Waals surface area contributed by atoms with Crippen molar-refractivity contribution in [2.45, 2.75) is 27.2 Å². The average molecular weight is 255 g/mol. The maximum Gasteiger partial charge on any atom is 0.224 e. The van der Waals surface area contributed by atoms with Gasteiger partial charge in [-0.25, -0.2) is 0 Å². The Morgan fingerprint density at radius 3 is 2.47 bits per heavy atom. The maximum atomic E-state index is 12.0. The lowest BCUT2D eigenvalue weighted by atomic mass is 9.96. The maximum absolute atomic E-state index is 12.0. The van der Waals surface area contributed by atoms with Crippen molar-refractivity contribution in [3.63, 3.8) is 0 Å². The highest BCUT2D eigenvalue weighted by atomic mass is 16.1. The smallest absolute Gasteiger partial charge is 0.224 e. The summed E-state index contributed by atoms with van der Waals surface area (Å²) in [5.74, 6) is 0.0891. The van der Waals surface area contributed by atoms with Crippen molar-refractivity contribution in [2.24, 2.45) is 5.41 Å². The zero-order chi connectivity index (χ0) is 13.9. The molecular formula is C17H21NO. The summed E-state index contributed by atoms with van der Waals surface area (Å²) in [5, 5.41) is 5.34. The molecule has 0 aliphatic heterocycles. The standard InChI is InChI=1S/C17H21NO/c1-17(2,3)12-18-16(19)11-14-9-6-8-13-7-4-5-10-15(13)14/h4-10H,11-12H2,1-3H3,(H,18,19). The predicted molar refractivity (Wildman–Crippen MR) is 80.1 cm³/mol. The fraction of sp³-hybridized carbons (Fsp3) is 0.353. The van der Waals surface area contributed by atoms with Crippen molar-refractivity contribution in [1.82, 2.24) is 5.32 Å². The van der Waals surface area contributed by atoms with Gasteiger partial charge in [0.2, 0.25) is 5.91 Å². The van der Waals surface area contributed by atoms with Crippen LogP contribution in [0.1, 0.15) is 26.3 Å². The van der Waals surface area contributed by atoms with Gasteiger partial charge in [0.15, 0.2) is 0 Å². The van der Waals surface area contributed by atoms with Crippen LogP contribution in [0.25, 0.3) is 10.8 Å². The third kappa shape index (κ3) is 3.82. The fourth-order valence-corrected chi connectivity index (χ4v) is 2.05. The molecule has 0 atom stereocenters. The van der Waals surface area contributed by atoms with Crippen molar-refractivity contribution >= 4 is 16.7 Å². The van der Waals surface area contributed by atoms with E-state index in [1.165, 1.54) is 5.39 Å². The molecule has 0 heterocycles. The molecule has 0 saturated carbocycles. The first-order valence-electron chi connectivity index (χ1n) is 6.69. The van der Waals surface area contributed by atoms with Gasteiger partial charge in [-0.2, -0.15) is 0 Å². The number of carbonyl (C=O) groups is 1. The number of hydrogen-bond acceptors (Lipinski definition) is 1. The minimum Gasteiger partial charge on any atom is -0.355 e. The summed E-state index contributed by atoms with van der Waals surface area (Å²) in [5.41, 5.74) is 1.21. The molecule has 2 aromatic carbocycles. The van der Waals surface area contributed by atoms with Gasteiger partial charge in [-0.05, 0) is 21.8 Å². The lowest BCUT2D eigenvalue weighted by Crippen LogP contribution is -2.33. The summed E-state index contributed by atoms with van der Waals surface area (Å²) in [7, 11) is 0. The van der Waals surface area contributed by atoms with Crippen molar-refractivity contribution < 1.29 is 4.79 Å². The zero-order valence-electron chi connectivity index (χ0n) is 11.9. The van der Waals surface area contributed by atoms with Gasteiger partial charge in [0.05, 0.1) is 6.42 Å². The number of nitrogens with one attached hydrogen (secondary N) is 1. The van der Waals surface area contributed by atoms with Crippen LogP contribution in [-0.4, -0.2) is 12.5 Å². The lowest BCUT2D eigenvalue weighted by molar-refractivity contribution is -0.120. The fourth-order valence-electron chi connectivity index (χ4n) is 2.05. The zero-order valence-corrected chi connectivity index (χ0v) is 11.9. The number of fused-ring (bicyclic) bond motifs is 1. The Hall–Kier alpha value is -1.83. The molecule has 2 heteroatoms. The van der Waals surface area contributed by atoms with Gasteiger partial charge in [0.25, 0.3) is 0 Å². The van der Waals surface area contributed by atoms with Crippen molar-refractivity contribution in [2.75, 3.05) is 6.54 Å². The largest absolute Gasteiger partial charge is 0.355 e. The highest BCUT2D eigenvalue weighted by Crippen LogP contribution is 2.19. The van der Waals surface area contributed by atoms with Gasteiger partial charge in [0, 0.05) is 6.54 Å². The van der Waals surface area contributed by atoms with Crippen LogP contribution in [0.2, 0.25) is 0 Å². The highest BCUT2D eigenvalue weighted by Gasteiger charge is 2.12. The molecule has 0 aliphatic carbocycles. The Labute approximate surface area is 114 Å². The number of benzene rings is 2. The molecule has 19 heavy (non-hydrogen) atoms. The van der Waals surface area contributed by atoms with Gasteiger partial charge in [-0.3, -0.25) is 4.79 Å². The van der Waals surface area contributed by atoms with Crippen LogP contribution in [0.15, 0.2) is 42.5 Å². The number of rotatable bonds is 3. The third-order valence-electron chi connectivity index (χ3n) is 3.05. The van der Waals surface area contributed by atoms with E-state index in [-0.39, 0.29) is 11.3 Å². The first-order chi connectivity index (χ1) is 8.96. The topological polar surface area (TPSA) is 29.1 Å². The summed E-state index contributed by atoms with van der Waals surface area (Å²) in [6.07, 6.45) is 0.442. The average Bonchev–Trinajstić information content (AvgIpc) is 2.36. The van der Waals surface area contributed by atoms with Crippen LogP contribution in [0.4, 0.5) is 0 Å². The van der Waals surface area contributed by atoms with E-state index in [4.69, 9.17) is 0 Å². The van der Waals surface area contributed by atoms with E-state index >= 15 is 0 Å². The number of carbonyl (C=O) groups excluding carboxylic acids is 1. The lowest BCUT2D eigenvalue weighted by Gasteiger charge is -2.18. The van der Waals surface area contributed by atoms with E-state index in [1.54, 1.807) is 0 Å². The predicted octanol–water partition coefficient (Wildman–Crippen LogP) is 3.54. The van der Waals surface area contributed by atoms with Crippen LogP contribution in [0.5, 0.6) is 0 Å². The molecule has 2 nitrogen and oxygen atoms in total. The molecule has 2 rings (SSSR count). The van der Waals surface area contributed by atoms with E-state index in [0.29, 0.717) is 13.0 Å². The van der Waals surface area contributed by atoms with Crippen LogP contribution in [-0.2, 0) is 11.2 Å². The van der Waals surface area contributed by atoms with Gasteiger partial charge in [-0.1, -0.05) is 63.2 Å². The second-order valence-corrected chi connectivity index (χ2v) is 6.15. The SMILES string of the molecule is CC(C)(C)CNC(=O)Cc1cccc2ccccc12. The van der Waals surface area contributed by atoms with E-state index in [1.807, 2.05) is 24.3 Å². The molecule has 0 saturated heterocycles. The summed E-state index contributed by atoms with van der Waals surface area (Å²) in [6, 6.07) is 14.3. The van der Waals surface area contributed by atoms with E-state index in [9.17, 15) is 4.79 Å². The molecule has 0 aromatic heterocycles. The molecule has 0 radical (unpaired) electrons. The van der Waals surface area contributed by atoms with Gasteiger partial charge in [-0.15, -0.1) is 0 Å². The Kier molecular flexibility index (Phi) is 3.89. The summed E-state index contributed by atoms with van der Waals surface area (Å²) >= 11 is 0. The molecule has 100 valence electrons. The minimum atomic E-state index is 0.0891. The summed E-state index contributed by atoms with van der Waals surface area (Å²) in [6.45, 7) is 7.05. The van der Waals surface area contributed by atoms with Crippen LogP contribution in [0, 0.1) is 5.41 Å². The molecule has 1 amide bonds. The van der Waals surface area contributed by atoms with Gasteiger partial charge in [0.1, 0.15) is 0 Å². The van der Waals surface area contributed by atoms with E-state index < -0.39 is 0 Å².